The van der Waals surface area contributed by atoms with E-state index in [2.05, 4.69) is 17.2 Å². The SMILES string of the molecule is C=CCC(C)NCC(=O)Nc1cccc(F)c1. The fraction of sp³-hybridized carbons (Fsp3) is 0.308. The van der Waals surface area contributed by atoms with Crippen LogP contribution in [0, 0.1) is 5.82 Å². The molecule has 3 nitrogen and oxygen atoms in total. The van der Waals surface area contributed by atoms with Gasteiger partial charge in [-0.25, -0.2) is 4.39 Å². The van der Waals surface area contributed by atoms with Crippen molar-refractivity contribution in [3.05, 3.63) is 42.7 Å². The molecule has 0 radical (unpaired) electrons. The lowest BCUT2D eigenvalue weighted by molar-refractivity contribution is -0.115. The molecular formula is C13H17FN2O. The summed E-state index contributed by atoms with van der Waals surface area (Å²) in [5.74, 6) is -0.553. The summed E-state index contributed by atoms with van der Waals surface area (Å²) < 4.78 is 12.9. The molecule has 2 N–H and O–H groups in total. The predicted octanol–water partition coefficient (Wildman–Crippen LogP) is 2.32. The Labute approximate surface area is 101 Å². The molecule has 17 heavy (non-hydrogen) atoms. The fourth-order valence-corrected chi connectivity index (χ4v) is 1.37. The average molecular weight is 236 g/mol. The first kappa shape index (κ1) is 13.4. The Bertz CT molecular complexity index is 393. The molecule has 92 valence electrons. The van der Waals surface area contributed by atoms with Gasteiger partial charge in [0, 0.05) is 11.7 Å². The third-order valence-corrected chi connectivity index (χ3v) is 2.24. The van der Waals surface area contributed by atoms with Gasteiger partial charge in [-0.2, -0.15) is 0 Å². The van der Waals surface area contributed by atoms with Crippen molar-refractivity contribution in [3.63, 3.8) is 0 Å². The number of benzene rings is 1. The standard InChI is InChI=1S/C13H17FN2O/c1-3-5-10(2)15-9-13(17)16-12-7-4-6-11(14)8-12/h3-4,6-8,10,15H,1,5,9H2,2H3,(H,16,17). The zero-order chi connectivity index (χ0) is 12.7. The van der Waals surface area contributed by atoms with Crippen LogP contribution in [0.25, 0.3) is 0 Å². The largest absolute Gasteiger partial charge is 0.325 e. The molecule has 0 heterocycles. The highest BCUT2D eigenvalue weighted by Gasteiger charge is 2.05. The average Bonchev–Trinajstić information content (AvgIpc) is 2.27. The van der Waals surface area contributed by atoms with Gasteiger partial charge in [0.05, 0.1) is 6.54 Å². The first-order valence-corrected chi connectivity index (χ1v) is 5.51. The van der Waals surface area contributed by atoms with Gasteiger partial charge in [-0.1, -0.05) is 12.1 Å². The Kier molecular flexibility index (Phi) is 5.36. The zero-order valence-corrected chi connectivity index (χ0v) is 9.87. The number of anilines is 1. The predicted molar refractivity (Wildman–Crippen MR) is 67.3 cm³/mol. The molecule has 1 aromatic rings. The van der Waals surface area contributed by atoms with Crippen molar-refractivity contribution in [2.24, 2.45) is 0 Å². The van der Waals surface area contributed by atoms with Crippen LogP contribution < -0.4 is 10.6 Å². The molecule has 4 heteroatoms. The van der Waals surface area contributed by atoms with E-state index in [1.165, 1.54) is 12.1 Å². The van der Waals surface area contributed by atoms with Crippen molar-refractivity contribution in [1.29, 1.82) is 0 Å². The first-order valence-electron chi connectivity index (χ1n) is 5.51. The number of rotatable bonds is 6. The van der Waals surface area contributed by atoms with Gasteiger partial charge in [0.25, 0.3) is 0 Å². The molecule has 0 aliphatic rings. The summed E-state index contributed by atoms with van der Waals surface area (Å²) in [5, 5.41) is 5.65. The molecule has 0 spiro atoms. The molecule has 0 fully saturated rings. The van der Waals surface area contributed by atoms with Crippen LogP contribution in [0.5, 0.6) is 0 Å². The number of carbonyl (C=O) groups is 1. The normalized spacial score (nSPS) is 11.9. The molecule has 1 amide bonds. The summed E-state index contributed by atoms with van der Waals surface area (Å²) in [6.07, 6.45) is 2.59. The highest BCUT2D eigenvalue weighted by molar-refractivity contribution is 5.92. The van der Waals surface area contributed by atoms with Crippen molar-refractivity contribution in [3.8, 4) is 0 Å². The zero-order valence-electron chi connectivity index (χ0n) is 9.87. The maximum absolute atomic E-state index is 12.9. The lowest BCUT2D eigenvalue weighted by Gasteiger charge is -2.11. The van der Waals surface area contributed by atoms with E-state index in [9.17, 15) is 9.18 Å². The van der Waals surface area contributed by atoms with E-state index < -0.39 is 0 Å². The van der Waals surface area contributed by atoms with E-state index in [-0.39, 0.29) is 24.3 Å². The monoisotopic (exact) mass is 236 g/mol. The number of nitrogens with one attached hydrogen (secondary N) is 2. The Hall–Kier alpha value is -1.68. The second kappa shape index (κ2) is 6.81. The third kappa shape index (κ3) is 5.26. The molecule has 0 aromatic heterocycles. The first-order chi connectivity index (χ1) is 8.11. The van der Waals surface area contributed by atoms with Crippen LogP contribution in [-0.2, 0) is 4.79 Å². The van der Waals surface area contributed by atoms with Gasteiger partial charge < -0.3 is 10.6 Å². The lowest BCUT2D eigenvalue weighted by Crippen LogP contribution is -2.34. The maximum Gasteiger partial charge on any atom is 0.238 e. The van der Waals surface area contributed by atoms with Crippen LogP contribution in [0.2, 0.25) is 0 Å². The summed E-state index contributed by atoms with van der Waals surface area (Å²) in [6.45, 7) is 5.79. The number of carbonyl (C=O) groups excluding carboxylic acids is 1. The molecule has 0 saturated carbocycles. The van der Waals surface area contributed by atoms with Crippen LogP contribution in [0.1, 0.15) is 13.3 Å². The quantitative estimate of drug-likeness (QED) is 0.744. The van der Waals surface area contributed by atoms with Crippen molar-refractivity contribution in [1.82, 2.24) is 5.32 Å². The second-order valence-corrected chi connectivity index (χ2v) is 3.86. The lowest BCUT2D eigenvalue weighted by atomic mass is 10.2. The summed E-state index contributed by atoms with van der Waals surface area (Å²) in [5.41, 5.74) is 0.466. The van der Waals surface area contributed by atoms with Gasteiger partial charge in [-0.3, -0.25) is 4.79 Å². The topological polar surface area (TPSA) is 41.1 Å². The molecule has 1 aromatic carbocycles. The van der Waals surface area contributed by atoms with Gasteiger partial charge in [-0.05, 0) is 31.5 Å². The molecule has 1 atom stereocenters. The molecule has 0 aliphatic carbocycles. The van der Waals surface area contributed by atoms with Gasteiger partial charge in [0.15, 0.2) is 0 Å². The van der Waals surface area contributed by atoms with Crippen LogP contribution in [0.15, 0.2) is 36.9 Å². The number of amides is 1. The van der Waals surface area contributed by atoms with Crippen molar-refractivity contribution >= 4 is 11.6 Å². The highest BCUT2D eigenvalue weighted by Crippen LogP contribution is 2.08. The smallest absolute Gasteiger partial charge is 0.238 e. The van der Waals surface area contributed by atoms with Crippen LogP contribution >= 0.6 is 0 Å². The number of halogens is 1. The number of hydrogen-bond acceptors (Lipinski definition) is 2. The summed E-state index contributed by atoms with van der Waals surface area (Å²) in [6, 6.07) is 6.02. The summed E-state index contributed by atoms with van der Waals surface area (Å²) >= 11 is 0. The fourth-order valence-electron chi connectivity index (χ4n) is 1.37. The van der Waals surface area contributed by atoms with Crippen molar-refractivity contribution in [2.75, 3.05) is 11.9 Å². The Morgan fingerprint density at radius 3 is 3.00 bits per heavy atom. The van der Waals surface area contributed by atoms with Gasteiger partial charge in [-0.15, -0.1) is 6.58 Å². The Morgan fingerprint density at radius 2 is 2.35 bits per heavy atom. The minimum absolute atomic E-state index is 0.188. The molecule has 1 rings (SSSR count). The van der Waals surface area contributed by atoms with Crippen molar-refractivity contribution < 1.29 is 9.18 Å². The van der Waals surface area contributed by atoms with Crippen LogP contribution in [-0.4, -0.2) is 18.5 Å². The Balaban J connectivity index is 2.37. The van der Waals surface area contributed by atoms with Gasteiger partial charge in [0.1, 0.15) is 5.82 Å². The molecule has 0 aliphatic heterocycles. The van der Waals surface area contributed by atoms with Crippen molar-refractivity contribution in [2.45, 2.75) is 19.4 Å². The van der Waals surface area contributed by atoms with E-state index >= 15 is 0 Å². The summed E-state index contributed by atoms with van der Waals surface area (Å²) in [4.78, 5) is 11.5. The second-order valence-electron chi connectivity index (χ2n) is 3.86. The minimum Gasteiger partial charge on any atom is -0.325 e. The highest BCUT2D eigenvalue weighted by atomic mass is 19.1. The van der Waals surface area contributed by atoms with Crippen LogP contribution in [0.4, 0.5) is 10.1 Å². The molecule has 0 saturated heterocycles. The van der Waals surface area contributed by atoms with Gasteiger partial charge >= 0.3 is 0 Å². The minimum atomic E-state index is -0.365. The molecule has 1 unspecified atom stereocenters. The van der Waals surface area contributed by atoms with E-state index in [0.29, 0.717) is 5.69 Å². The van der Waals surface area contributed by atoms with Gasteiger partial charge in [0.2, 0.25) is 5.91 Å². The van der Waals surface area contributed by atoms with E-state index in [1.54, 1.807) is 18.2 Å². The molecular weight excluding hydrogens is 219 g/mol. The van der Waals surface area contributed by atoms with E-state index in [4.69, 9.17) is 0 Å². The third-order valence-electron chi connectivity index (χ3n) is 2.24. The summed E-state index contributed by atoms with van der Waals surface area (Å²) in [7, 11) is 0. The molecule has 0 bridgehead atoms. The van der Waals surface area contributed by atoms with Crippen LogP contribution in [0.3, 0.4) is 0 Å². The maximum atomic E-state index is 12.9. The Morgan fingerprint density at radius 1 is 1.59 bits per heavy atom. The van der Waals surface area contributed by atoms with E-state index in [0.717, 1.165) is 6.42 Å². The van der Waals surface area contributed by atoms with E-state index in [1.807, 2.05) is 6.92 Å². The number of hydrogen-bond donors (Lipinski definition) is 2.